The van der Waals surface area contributed by atoms with Gasteiger partial charge in [0.1, 0.15) is 0 Å². The summed E-state index contributed by atoms with van der Waals surface area (Å²) in [7, 11) is 0. The van der Waals surface area contributed by atoms with E-state index < -0.39 is 0 Å². The maximum Gasteiger partial charge on any atom is 0.163 e. The molecular formula is C11H20I2O. The molecule has 0 rings (SSSR count). The minimum Gasteiger partial charge on any atom is -0.297 e. The lowest BCUT2D eigenvalue weighted by Crippen LogP contribution is -2.42. The predicted molar refractivity (Wildman–Crippen MR) is 79.7 cm³/mol. The minimum absolute atomic E-state index is 0.183. The van der Waals surface area contributed by atoms with Crippen LogP contribution in [-0.2, 0) is 4.79 Å². The van der Waals surface area contributed by atoms with Crippen LogP contribution in [0.5, 0.6) is 0 Å². The second-order valence-corrected chi connectivity index (χ2v) is 8.99. The summed E-state index contributed by atoms with van der Waals surface area (Å²) in [5, 5.41) is 0. The van der Waals surface area contributed by atoms with Crippen molar-refractivity contribution in [3.05, 3.63) is 0 Å². The number of Topliss-reactive ketones (excluding diaryl/α,β-unsaturated/α-hetero) is 1. The third kappa shape index (κ3) is 4.33. The molecule has 2 atom stereocenters. The summed E-state index contributed by atoms with van der Waals surface area (Å²) in [6.45, 7) is 8.39. The fourth-order valence-corrected chi connectivity index (χ4v) is 4.49. The molecule has 0 N–H and O–H groups in total. The number of hydrogen-bond donors (Lipinski definition) is 0. The molecule has 0 heterocycles. The molecule has 0 amide bonds. The van der Waals surface area contributed by atoms with Crippen LogP contribution in [-0.4, -0.2) is 12.6 Å². The molecule has 3 heteroatoms. The molecule has 0 saturated heterocycles. The predicted octanol–water partition coefficient (Wildman–Crippen LogP) is 4.54. The molecule has 0 aromatic rings. The van der Waals surface area contributed by atoms with Crippen molar-refractivity contribution in [3.8, 4) is 0 Å². The number of halogens is 2. The summed E-state index contributed by atoms with van der Waals surface area (Å²) < 4.78 is -0.366. The largest absolute Gasteiger partial charge is 0.297 e. The second-order valence-electron chi connectivity index (χ2n) is 4.22. The average molecular weight is 422 g/mol. The smallest absolute Gasteiger partial charge is 0.163 e. The quantitative estimate of drug-likeness (QED) is 0.454. The van der Waals surface area contributed by atoms with E-state index in [1.165, 1.54) is 0 Å². The van der Waals surface area contributed by atoms with Crippen molar-refractivity contribution in [2.24, 2.45) is 0 Å². The molecular weight excluding hydrogens is 402 g/mol. The van der Waals surface area contributed by atoms with E-state index in [1.54, 1.807) is 0 Å². The zero-order chi connectivity index (χ0) is 11.4. The second kappa shape index (κ2) is 6.01. The van der Waals surface area contributed by atoms with Gasteiger partial charge < -0.3 is 0 Å². The van der Waals surface area contributed by atoms with Gasteiger partial charge in [-0.15, -0.1) is 0 Å². The van der Waals surface area contributed by atoms with Gasteiger partial charge in [0.15, 0.2) is 5.78 Å². The van der Waals surface area contributed by atoms with Gasteiger partial charge in [0.25, 0.3) is 0 Å². The van der Waals surface area contributed by atoms with Crippen molar-refractivity contribution in [1.82, 2.24) is 0 Å². The number of ketones is 1. The topological polar surface area (TPSA) is 17.1 Å². The molecule has 0 aromatic heterocycles. The van der Waals surface area contributed by atoms with E-state index >= 15 is 0 Å². The summed E-state index contributed by atoms with van der Waals surface area (Å²) in [6, 6.07) is 0. The summed E-state index contributed by atoms with van der Waals surface area (Å²) in [5.74, 6) is 0.398. The molecule has 0 aliphatic heterocycles. The van der Waals surface area contributed by atoms with E-state index in [1.807, 2.05) is 0 Å². The van der Waals surface area contributed by atoms with Crippen molar-refractivity contribution < 1.29 is 4.79 Å². The van der Waals surface area contributed by atoms with Gasteiger partial charge in [-0.3, -0.25) is 4.79 Å². The Bertz CT molecular complexity index is 177. The zero-order valence-electron chi connectivity index (χ0n) is 9.49. The molecule has 0 spiro atoms. The lowest BCUT2D eigenvalue weighted by molar-refractivity contribution is -0.122. The Labute approximate surface area is 115 Å². The Morgan fingerprint density at radius 1 is 1.00 bits per heavy atom. The van der Waals surface area contributed by atoms with Crippen molar-refractivity contribution in [2.75, 3.05) is 0 Å². The van der Waals surface area contributed by atoms with Gasteiger partial charge >= 0.3 is 0 Å². The first kappa shape index (κ1) is 15.1. The number of carbonyl (C=O) groups excluding carboxylic acids is 1. The lowest BCUT2D eigenvalue weighted by Gasteiger charge is -2.30. The summed E-state index contributed by atoms with van der Waals surface area (Å²) in [4.78, 5) is 12.3. The highest BCUT2D eigenvalue weighted by atomic mass is 127. The molecule has 0 aliphatic carbocycles. The first-order chi connectivity index (χ1) is 6.28. The molecule has 0 radical (unpaired) electrons. The fourth-order valence-electron chi connectivity index (χ4n) is 1.71. The Hall–Kier alpha value is 1.13. The third-order valence-electron chi connectivity index (χ3n) is 2.39. The van der Waals surface area contributed by atoms with Gasteiger partial charge in [0, 0.05) is 0 Å². The van der Waals surface area contributed by atoms with Gasteiger partial charge in [-0.05, 0) is 26.7 Å². The van der Waals surface area contributed by atoms with Crippen LogP contribution in [0.1, 0.15) is 53.4 Å². The van der Waals surface area contributed by atoms with Gasteiger partial charge in [0.2, 0.25) is 0 Å². The van der Waals surface area contributed by atoms with E-state index in [0.717, 1.165) is 25.7 Å². The van der Waals surface area contributed by atoms with Crippen LogP contribution in [0, 0.1) is 0 Å². The van der Waals surface area contributed by atoms with Crippen molar-refractivity contribution >= 4 is 51.0 Å². The summed E-state index contributed by atoms with van der Waals surface area (Å²) in [6.07, 6.45) is 4.11. The average Bonchev–Trinajstić information content (AvgIpc) is 2.02. The van der Waals surface area contributed by atoms with Crippen LogP contribution in [0.15, 0.2) is 0 Å². The molecule has 1 nitrogen and oxygen atoms in total. The van der Waals surface area contributed by atoms with E-state index in [9.17, 15) is 4.79 Å². The van der Waals surface area contributed by atoms with Crippen LogP contribution in [0.25, 0.3) is 0 Å². The Kier molecular flexibility index (Phi) is 6.50. The Balaban J connectivity index is 4.58. The maximum atomic E-state index is 12.3. The Morgan fingerprint density at radius 2 is 1.29 bits per heavy atom. The van der Waals surface area contributed by atoms with Crippen molar-refractivity contribution in [1.29, 1.82) is 0 Å². The van der Waals surface area contributed by atoms with Gasteiger partial charge in [-0.1, -0.05) is 71.9 Å². The molecule has 0 fully saturated rings. The highest BCUT2D eigenvalue weighted by Gasteiger charge is 2.40. The van der Waals surface area contributed by atoms with Gasteiger partial charge in [-0.25, -0.2) is 0 Å². The van der Waals surface area contributed by atoms with Gasteiger partial charge in [-0.2, -0.15) is 0 Å². The van der Waals surface area contributed by atoms with Crippen molar-refractivity contribution in [2.45, 2.75) is 60.2 Å². The number of hydrogen-bond acceptors (Lipinski definition) is 1. The first-order valence-corrected chi connectivity index (χ1v) is 7.36. The third-order valence-corrected chi connectivity index (χ3v) is 4.44. The molecule has 0 aromatic carbocycles. The molecule has 2 unspecified atom stereocenters. The monoisotopic (exact) mass is 422 g/mol. The van der Waals surface area contributed by atoms with E-state index in [2.05, 4.69) is 72.9 Å². The van der Waals surface area contributed by atoms with E-state index in [0.29, 0.717) is 5.78 Å². The minimum atomic E-state index is -0.183. The van der Waals surface area contributed by atoms with Crippen LogP contribution >= 0.6 is 45.2 Å². The summed E-state index contributed by atoms with van der Waals surface area (Å²) in [5.41, 5.74) is 0. The van der Waals surface area contributed by atoms with Crippen LogP contribution in [0.2, 0.25) is 0 Å². The molecule has 14 heavy (non-hydrogen) atoms. The van der Waals surface area contributed by atoms with E-state index in [-0.39, 0.29) is 6.84 Å². The van der Waals surface area contributed by atoms with Gasteiger partial charge in [0.05, 0.1) is 6.84 Å². The fraction of sp³-hybridized carbons (Fsp3) is 0.909. The molecule has 0 bridgehead atoms. The first-order valence-electron chi connectivity index (χ1n) is 5.20. The van der Waals surface area contributed by atoms with Crippen LogP contribution < -0.4 is 0 Å². The number of rotatable bonds is 6. The lowest BCUT2D eigenvalue weighted by atomic mass is 9.89. The highest BCUT2D eigenvalue weighted by Crippen LogP contribution is 2.36. The van der Waals surface area contributed by atoms with Crippen molar-refractivity contribution in [3.63, 3.8) is 0 Å². The zero-order valence-corrected chi connectivity index (χ0v) is 13.8. The van der Waals surface area contributed by atoms with Crippen LogP contribution in [0.3, 0.4) is 0 Å². The number of alkyl halides is 2. The Morgan fingerprint density at radius 3 is 1.50 bits per heavy atom. The standard InChI is InChI=1S/C11H20I2O/c1-5-7-10(3,12)9(14)11(4,13)8-6-2/h5-8H2,1-4H3. The van der Waals surface area contributed by atoms with Crippen LogP contribution in [0.4, 0.5) is 0 Å². The molecule has 0 aliphatic rings. The maximum absolute atomic E-state index is 12.3. The SMILES string of the molecule is CCCC(C)(I)C(=O)C(C)(I)CCC. The summed E-state index contributed by atoms with van der Waals surface area (Å²) >= 11 is 4.62. The normalized spacial score (nSPS) is 19.9. The molecule has 0 saturated carbocycles. The highest BCUT2D eigenvalue weighted by molar-refractivity contribution is 14.1. The number of carbonyl (C=O) groups is 1. The van der Waals surface area contributed by atoms with E-state index in [4.69, 9.17) is 0 Å². The molecule has 84 valence electrons.